The van der Waals surface area contributed by atoms with Crippen LogP contribution in [0.3, 0.4) is 0 Å². The Labute approximate surface area is 163 Å². The molecule has 2 aromatic heterocycles. The van der Waals surface area contributed by atoms with Gasteiger partial charge in [-0.15, -0.1) is 0 Å². The molecule has 0 bridgehead atoms. The molecule has 0 saturated heterocycles. The molecule has 2 heterocycles. The van der Waals surface area contributed by atoms with Crippen LogP contribution in [0.15, 0.2) is 58.8 Å². The maximum absolute atomic E-state index is 10.2. The summed E-state index contributed by atoms with van der Waals surface area (Å²) in [5.74, 6) is 0. The molecule has 2 rings (SSSR count). The molecule has 0 radical (unpaired) electrons. The average Bonchev–Trinajstić information content (AvgIpc) is 2.46. The van der Waals surface area contributed by atoms with Crippen LogP contribution >= 0.6 is 37.7 Å². The number of hydrogen-bond donors (Lipinski definition) is 0. The summed E-state index contributed by atoms with van der Waals surface area (Å²) in [5, 5.41) is 0. The molecule has 0 fully saturated rings. The molecule has 0 amide bonds. The molecular weight excluding hydrogens is 645 g/mol. The van der Waals surface area contributed by atoms with Gasteiger partial charge in [0.05, 0.1) is 9.79 Å². The van der Waals surface area contributed by atoms with Gasteiger partial charge in [-0.2, -0.15) is 0 Å². The summed E-state index contributed by atoms with van der Waals surface area (Å²) >= 11 is -3.06. The molecule has 15 heteroatoms. The Morgan fingerprint density at radius 2 is 1.04 bits per heavy atom. The zero-order valence-corrected chi connectivity index (χ0v) is 18.5. The first-order chi connectivity index (χ1) is 11.2. The summed E-state index contributed by atoms with van der Waals surface area (Å²) < 4.78 is 61.4. The fourth-order valence-electron chi connectivity index (χ4n) is 0.990. The molecule has 0 aliphatic carbocycles. The molecule has 0 atom stereocenters. The first-order valence-corrected chi connectivity index (χ1v) is 19.5. The zero-order chi connectivity index (χ0) is 19.7. The van der Waals surface area contributed by atoms with Gasteiger partial charge in [0, 0.05) is 24.8 Å². The van der Waals surface area contributed by atoms with Crippen molar-refractivity contribution in [1.82, 2.24) is 9.97 Å². The van der Waals surface area contributed by atoms with Crippen LogP contribution in [-0.2, 0) is 32.1 Å². The van der Waals surface area contributed by atoms with Gasteiger partial charge in [0.2, 0.25) is 0 Å². The molecule has 0 unspecified atom stereocenters. The maximum atomic E-state index is 10.2. The van der Waals surface area contributed by atoms with Crippen LogP contribution in [0.1, 0.15) is 0 Å². The molecule has 8 nitrogen and oxygen atoms in total. The van der Waals surface area contributed by atoms with Crippen LogP contribution in [0, 0.1) is 0 Å². The van der Waals surface area contributed by atoms with E-state index in [1.54, 1.807) is 0 Å². The zero-order valence-electron chi connectivity index (χ0n) is 11.6. The SMILES string of the molecule is O=S(=O)([O-])c1cccnc1.O=S(=O)([O-])c1cccnc1.[Cl][Pt]([Cl])([Cl])[Cl]. The standard InChI is InChI=1S/2C5H5NO3S.4ClH.Pt/c2*7-10(8,9)5-2-1-3-6-4-5;;;;;/h2*1-4H,(H,7,8,9);4*1H;/q;;;;;;+4/p-6. The fourth-order valence-corrected chi connectivity index (χ4v) is 1.86. The van der Waals surface area contributed by atoms with Gasteiger partial charge in [0.25, 0.3) is 0 Å². The minimum atomic E-state index is -4.32. The van der Waals surface area contributed by atoms with E-state index in [0.29, 0.717) is 0 Å². The van der Waals surface area contributed by atoms with Gasteiger partial charge >= 0.3 is 49.6 Å². The number of halogens is 4. The van der Waals surface area contributed by atoms with Crippen molar-refractivity contribution in [2.75, 3.05) is 0 Å². The third-order valence-corrected chi connectivity index (χ3v) is 3.48. The third-order valence-electron chi connectivity index (χ3n) is 1.85. The van der Waals surface area contributed by atoms with Crippen LogP contribution in [0.4, 0.5) is 0 Å². The molecule has 0 spiro atoms. The number of rotatable bonds is 2. The molecule has 0 aliphatic rings. The Balaban J connectivity index is 0.000000368. The van der Waals surface area contributed by atoms with E-state index in [2.05, 4.69) is 9.97 Å². The number of nitrogens with zero attached hydrogens (tertiary/aromatic N) is 2. The third kappa shape index (κ3) is 14.8. The van der Waals surface area contributed by atoms with Crippen LogP contribution < -0.4 is 0 Å². The van der Waals surface area contributed by atoms with E-state index in [-0.39, 0.29) is 9.79 Å². The summed E-state index contributed by atoms with van der Waals surface area (Å²) in [6.45, 7) is 0. The van der Waals surface area contributed by atoms with Crippen molar-refractivity contribution in [2.45, 2.75) is 9.79 Å². The molecule has 0 aliphatic heterocycles. The first-order valence-electron chi connectivity index (χ1n) is 5.41. The normalized spacial score (nSPS) is 12.1. The van der Waals surface area contributed by atoms with Gasteiger partial charge in [0.1, 0.15) is 20.2 Å². The molecule has 0 saturated carbocycles. The van der Waals surface area contributed by atoms with Crippen molar-refractivity contribution in [2.24, 2.45) is 0 Å². The van der Waals surface area contributed by atoms with Crippen LogP contribution in [0.25, 0.3) is 0 Å². The van der Waals surface area contributed by atoms with Gasteiger partial charge in [0.15, 0.2) is 0 Å². The van der Waals surface area contributed by atoms with Gasteiger partial charge in [-0.3, -0.25) is 9.97 Å². The van der Waals surface area contributed by atoms with E-state index >= 15 is 0 Å². The second kappa shape index (κ2) is 11.0. The van der Waals surface area contributed by atoms with Crippen LogP contribution in [-0.4, -0.2) is 35.9 Å². The Morgan fingerprint density at radius 1 is 0.760 bits per heavy atom. The van der Waals surface area contributed by atoms with E-state index in [1.807, 2.05) is 0 Å². The first kappa shape index (κ1) is 25.0. The summed E-state index contributed by atoms with van der Waals surface area (Å²) in [7, 11) is 11.4. The van der Waals surface area contributed by atoms with Crippen LogP contribution in [0.5, 0.6) is 0 Å². The molecule has 0 N–H and O–H groups in total. The second-order valence-electron chi connectivity index (χ2n) is 3.56. The van der Waals surface area contributed by atoms with Crippen molar-refractivity contribution < 1.29 is 37.8 Å². The predicted octanol–water partition coefficient (Wildman–Crippen LogP) is 2.73. The van der Waals surface area contributed by atoms with E-state index in [9.17, 15) is 25.9 Å². The van der Waals surface area contributed by atoms with E-state index in [4.69, 9.17) is 37.7 Å². The molecule has 146 valence electrons. The Morgan fingerprint density at radius 3 is 1.16 bits per heavy atom. The minimum absolute atomic E-state index is 0.296. The van der Waals surface area contributed by atoms with E-state index < -0.39 is 32.1 Å². The quantitative estimate of drug-likeness (QED) is 0.451. The predicted molar refractivity (Wildman–Crippen MR) is 87.8 cm³/mol. The van der Waals surface area contributed by atoms with Crippen molar-refractivity contribution >= 4 is 57.9 Å². The topological polar surface area (TPSA) is 140 Å². The van der Waals surface area contributed by atoms with Gasteiger partial charge in [-0.25, -0.2) is 16.8 Å². The summed E-state index contributed by atoms with van der Waals surface area (Å²) in [5.41, 5.74) is 0. The van der Waals surface area contributed by atoms with Crippen molar-refractivity contribution in [3.05, 3.63) is 49.1 Å². The van der Waals surface area contributed by atoms with Crippen molar-refractivity contribution in [3.63, 3.8) is 0 Å². The van der Waals surface area contributed by atoms with Gasteiger partial charge in [-0.1, -0.05) is 0 Å². The summed E-state index contributed by atoms with van der Waals surface area (Å²) in [6.07, 6.45) is 4.83. The monoisotopic (exact) mass is 651 g/mol. The van der Waals surface area contributed by atoms with E-state index in [1.165, 1.54) is 36.7 Å². The molecular formula is C10H8Cl4N2O6PtS2-2. The van der Waals surface area contributed by atoms with Gasteiger partial charge in [-0.05, 0) is 24.3 Å². The van der Waals surface area contributed by atoms with Crippen molar-refractivity contribution in [1.29, 1.82) is 0 Å². The Hall–Kier alpha value is -0.0317. The molecule has 2 aromatic rings. The average molecular weight is 653 g/mol. The molecule has 0 aromatic carbocycles. The Kier molecular flexibility index (Phi) is 10.9. The number of aromatic nitrogens is 2. The van der Waals surface area contributed by atoms with Crippen molar-refractivity contribution in [3.8, 4) is 0 Å². The number of hydrogen-bond acceptors (Lipinski definition) is 8. The van der Waals surface area contributed by atoms with E-state index in [0.717, 1.165) is 12.4 Å². The Bertz CT molecular complexity index is 774. The van der Waals surface area contributed by atoms with Gasteiger partial charge < -0.3 is 9.11 Å². The fraction of sp³-hybridized carbons (Fsp3) is 0. The molecule has 25 heavy (non-hydrogen) atoms. The summed E-state index contributed by atoms with van der Waals surface area (Å²) in [4.78, 5) is 6.35. The summed E-state index contributed by atoms with van der Waals surface area (Å²) in [6, 6.07) is 5.19. The second-order valence-corrected chi connectivity index (χ2v) is 26.0. The number of pyridine rings is 2. The van der Waals surface area contributed by atoms with Crippen LogP contribution in [0.2, 0.25) is 0 Å².